The second kappa shape index (κ2) is 5.03. The highest BCUT2D eigenvalue weighted by Crippen LogP contribution is 2.27. The molecule has 0 aromatic heterocycles. The van der Waals surface area contributed by atoms with Gasteiger partial charge in [-0.15, -0.1) is 0 Å². The first-order valence-electron chi connectivity index (χ1n) is 7.04. The van der Waals surface area contributed by atoms with E-state index >= 15 is 0 Å². The molecule has 1 unspecified atom stereocenters. The summed E-state index contributed by atoms with van der Waals surface area (Å²) < 4.78 is 43.1. The molecule has 0 spiro atoms. The van der Waals surface area contributed by atoms with E-state index in [0.29, 0.717) is 0 Å². The van der Waals surface area contributed by atoms with Gasteiger partial charge in [0.05, 0.1) is 7.11 Å². The Bertz CT molecular complexity index is 578. The summed E-state index contributed by atoms with van der Waals surface area (Å²) in [7, 11) is 1.21. The number of phenols is 1. The molecule has 6 nitrogen and oxygen atoms in total. The Morgan fingerprint density at radius 3 is 2.94 bits per heavy atom. The van der Waals surface area contributed by atoms with Gasteiger partial charge in [0.1, 0.15) is 5.54 Å². The van der Waals surface area contributed by atoms with Crippen LogP contribution in [0, 0.1) is 0 Å². The topological polar surface area (TPSA) is 105 Å². The van der Waals surface area contributed by atoms with Crippen LogP contribution in [0.15, 0.2) is 18.2 Å². The SMILES string of the molecule is [2H]C([2H])([2H])C(NN)(C(=O)O)C([2H])([2H])c1ccc(O)c(OC)c1. The normalized spacial score (nSPS) is 20.0. The fourth-order valence-electron chi connectivity index (χ4n) is 1.12. The third kappa shape index (κ3) is 2.86. The first-order valence-corrected chi connectivity index (χ1v) is 4.54. The number of aliphatic carboxylic acids is 1. The maximum Gasteiger partial charge on any atom is 0.325 e. The van der Waals surface area contributed by atoms with Crippen LogP contribution >= 0.6 is 0 Å². The van der Waals surface area contributed by atoms with E-state index < -0.39 is 24.7 Å². The number of hydrogen-bond donors (Lipinski definition) is 4. The average molecular weight is 245 g/mol. The third-order valence-corrected chi connectivity index (χ3v) is 2.05. The Balaban J connectivity index is 3.62. The smallest absolute Gasteiger partial charge is 0.325 e. The molecule has 1 aromatic rings. The number of carbonyl (C=O) groups is 1. The van der Waals surface area contributed by atoms with Gasteiger partial charge in [-0.25, -0.2) is 5.43 Å². The van der Waals surface area contributed by atoms with E-state index in [1.54, 1.807) is 5.43 Å². The van der Waals surface area contributed by atoms with E-state index in [1.165, 1.54) is 7.11 Å². The minimum atomic E-state index is -3.30. The molecule has 0 aliphatic carbocycles. The number of methoxy groups -OCH3 is 1. The second-order valence-corrected chi connectivity index (χ2v) is 3.21. The number of rotatable bonds is 5. The maximum atomic E-state index is 11.5. The molecule has 1 atom stereocenters. The van der Waals surface area contributed by atoms with Gasteiger partial charge in [-0.1, -0.05) is 6.07 Å². The van der Waals surface area contributed by atoms with Gasteiger partial charge in [0.15, 0.2) is 11.5 Å². The Morgan fingerprint density at radius 1 is 1.76 bits per heavy atom. The average Bonchev–Trinajstić information content (AvgIpc) is 2.37. The molecule has 6 heteroatoms. The van der Waals surface area contributed by atoms with Crippen LogP contribution in [-0.4, -0.2) is 28.8 Å². The monoisotopic (exact) mass is 245 g/mol. The summed E-state index contributed by atoms with van der Waals surface area (Å²) in [4.78, 5) is 11.5. The van der Waals surface area contributed by atoms with Gasteiger partial charge >= 0.3 is 5.97 Å². The highest BCUT2D eigenvalue weighted by atomic mass is 16.5. The number of ether oxygens (including phenoxy) is 1. The van der Waals surface area contributed by atoms with Crippen molar-refractivity contribution in [3.63, 3.8) is 0 Å². The van der Waals surface area contributed by atoms with Crippen molar-refractivity contribution in [2.75, 3.05) is 7.11 Å². The molecule has 5 N–H and O–H groups in total. The summed E-state index contributed by atoms with van der Waals surface area (Å²) in [6.45, 7) is -3.30. The van der Waals surface area contributed by atoms with Crippen LogP contribution in [0.1, 0.15) is 19.3 Å². The van der Waals surface area contributed by atoms with Crippen LogP contribution in [-0.2, 0) is 11.2 Å². The Morgan fingerprint density at radius 2 is 2.47 bits per heavy atom. The van der Waals surface area contributed by atoms with Gasteiger partial charge in [-0.2, -0.15) is 0 Å². The molecule has 0 heterocycles. The zero-order chi connectivity index (χ0) is 17.3. The highest BCUT2D eigenvalue weighted by Gasteiger charge is 2.32. The maximum absolute atomic E-state index is 11.5. The van der Waals surface area contributed by atoms with Crippen molar-refractivity contribution in [3.05, 3.63) is 23.8 Å². The van der Waals surface area contributed by atoms with Crippen molar-refractivity contribution in [2.24, 2.45) is 5.84 Å². The Kier molecular flexibility index (Phi) is 2.22. The molecule has 0 saturated heterocycles. The second-order valence-electron chi connectivity index (χ2n) is 3.21. The summed E-state index contributed by atoms with van der Waals surface area (Å²) in [6, 6.07) is 3.13. The standard InChI is InChI=1S/C11H16N2O4/c1-11(13-12,10(15)16)6-7-3-4-8(14)9(5-7)17-2/h3-5,13-14H,6,12H2,1-2H3,(H,15,16)/i1D3,6D2. The quantitative estimate of drug-likeness (QED) is 0.438. The van der Waals surface area contributed by atoms with Crippen molar-refractivity contribution in [3.8, 4) is 11.5 Å². The molecule has 0 aliphatic heterocycles. The molecule has 0 aliphatic rings. The number of carboxylic acids is 1. The van der Waals surface area contributed by atoms with Crippen molar-refractivity contribution in [1.29, 1.82) is 0 Å². The largest absolute Gasteiger partial charge is 0.504 e. The van der Waals surface area contributed by atoms with Gasteiger partial charge in [0.25, 0.3) is 0 Å². The molecule has 0 radical (unpaired) electrons. The summed E-state index contributed by atoms with van der Waals surface area (Å²) in [5.41, 5.74) is -1.82. The molecule has 94 valence electrons. The molecule has 0 fully saturated rings. The zero-order valence-electron chi connectivity index (χ0n) is 14.0. The summed E-state index contributed by atoms with van der Waals surface area (Å²) in [5.74, 6) is 2.68. The zero-order valence-corrected chi connectivity index (χ0v) is 9.02. The molecular formula is C11H16N2O4. The fraction of sp³-hybridized carbons (Fsp3) is 0.364. The molecule has 0 saturated carbocycles. The lowest BCUT2D eigenvalue weighted by Gasteiger charge is -2.23. The Labute approximate surface area is 106 Å². The van der Waals surface area contributed by atoms with Crippen LogP contribution in [0.2, 0.25) is 0 Å². The Hall–Kier alpha value is -1.79. The van der Waals surface area contributed by atoms with E-state index in [1.807, 2.05) is 0 Å². The van der Waals surface area contributed by atoms with Crippen LogP contribution in [0.4, 0.5) is 0 Å². The minimum absolute atomic E-state index is 0.136. The molecular weight excluding hydrogens is 224 g/mol. The summed E-state index contributed by atoms with van der Waals surface area (Å²) in [5, 5.41) is 18.8. The van der Waals surface area contributed by atoms with Crippen molar-refractivity contribution >= 4 is 5.97 Å². The van der Waals surface area contributed by atoms with Crippen molar-refractivity contribution in [2.45, 2.75) is 18.8 Å². The van der Waals surface area contributed by atoms with E-state index in [2.05, 4.69) is 0 Å². The van der Waals surface area contributed by atoms with E-state index in [4.69, 9.17) is 17.4 Å². The number of aromatic hydroxyl groups is 1. The molecule has 1 aromatic carbocycles. The molecule has 1 rings (SSSR count). The lowest BCUT2D eigenvalue weighted by molar-refractivity contribution is -0.144. The molecule has 0 bridgehead atoms. The summed E-state index contributed by atoms with van der Waals surface area (Å²) >= 11 is 0. The number of nitrogens with two attached hydrogens (primary N) is 1. The molecule has 0 amide bonds. The number of hydrazine groups is 1. The first kappa shape index (κ1) is 7.52. The van der Waals surface area contributed by atoms with Crippen LogP contribution in [0.25, 0.3) is 0 Å². The van der Waals surface area contributed by atoms with Gasteiger partial charge in [-0.3, -0.25) is 10.6 Å². The number of hydrogen-bond acceptors (Lipinski definition) is 5. The van der Waals surface area contributed by atoms with Gasteiger partial charge in [0, 0.05) is 13.2 Å². The van der Waals surface area contributed by atoms with Crippen molar-refractivity contribution in [1.82, 2.24) is 5.43 Å². The predicted molar refractivity (Wildman–Crippen MR) is 61.7 cm³/mol. The van der Waals surface area contributed by atoms with E-state index in [0.717, 1.165) is 18.2 Å². The number of nitrogens with one attached hydrogen (secondary N) is 1. The number of phenolic OH excluding ortho intramolecular Hbond substituents is 1. The lowest BCUT2D eigenvalue weighted by atomic mass is 9.93. The van der Waals surface area contributed by atoms with Crippen molar-refractivity contribution < 1.29 is 26.6 Å². The van der Waals surface area contributed by atoms with Gasteiger partial charge in [-0.05, 0) is 24.5 Å². The molecule has 17 heavy (non-hydrogen) atoms. The van der Waals surface area contributed by atoms with Crippen LogP contribution in [0.5, 0.6) is 11.5 Å². The minimum Gasteiger partial charge on any atom is -0.504 e. The van der Waals surface area contributed by atoms with Gasteiger partial charge < -0.3 is 14.9 Å². The fourth-order valence-corrected chi connectivity index (χ4v) is 1.12. The highest BCUT2D eigenvalue weighted by molar-refractivity contribution is 5.78. The lowest BCUT2D eigenvalue weighted by Crippen LogP contribution is -2.54. The van der Waals surface area contributed by atoms with Gasteiger partial charge in [0.2, 0.25) is 0 Å². The predicted octanol–water partition coefficient (Wildman–Crippen LogP) is 0.250. The van der Waals surface area contributed by atoms with E-state index in [9.17, 15) is 15.0 Å². The third-order valence-electron chi connectivity index (χ3n) is 2.05. The van der Waals surface area contributed by atoms with Crippen LogP contribution < -0.4 is 16.0 Å². The first-order chi connectivity index (χ1) is 9.95. The summed E-state index contributed by atoms with van der Waals surface area (Å²) in [6.07, 6.45) is -2.94. The number of benzene rings is 1. The van der Waals surface area contributed by atoms with Crippen LogP contribution in [0.3, 0.4) is 0 Å². The number of carboxylic acid groups (broad SMARTS) is 1. The van der Waals surface area contributed by atoms with E-state index in [-0.39, 0.29) is 17.1 Å².